The molecule has 4 aromatic rings. The Morgan fingerprint density at radius 1 is 0.974 bits per heavy atom. The third-order valence-corrected chi connectivity index (χ3v) is 6.90. The third-order valence-electron chi connectivity index (χ3n) is 6.65. The lowest BCUT2D eigenvalue weighted by Crippen LogP contribution is -2.49. The molecule has 196 valence electrons. The summed E-state index contributed by atoms with van der Waals surface area (Å²) in [6, 6.07) is 12.8. The van der Waals surface area contributed by atoms with Crippen LogP contribution in [0.4, 0.5) is 5.82 Å². The molecule has 0 aliphatic carbocycles. The fourth-order valence-corrected chi connectivity index (χ4v) is 4.75. The zero-order valence-corrected chi connectivity index (χ0v) is 21.7. The number of aliphatic carboxylic acids is 1. The van der Waals surface area contributed by atoms with Crippen molar-refractivity contribution in [3.8, 4) is 11.3 Å². The van der Waals surface area contributed by atoms with Gasteiger partial charge in [0.25, 0.3) is 5.91 Å². The standard InChI is InChI=1S/C27H27ClN6O4/c1-17-26(32-38-31-17)33-12-14-34(15-13-33)27(37)19-8-11-21-23(16-19)29-22(4-2-3-5-24(35)36)25(30-21)18-6-9-20(28)10-7-18/h6-11,16H,2-5,12-15H2,1H3,(H,35,36). The monoisotopic (exact) mass is 534 g/mol. The maximum atomic E-state index is 13.3. The van der Waals surface area contributed by atoms with Crippen LogP contribution in [0.5, 0.6) is 0 Å². The van der Waals surface area contributed by atoms with Gasteiger partial charge in [0.15, 0.2) is 5.82 Å². The molecule has 1 amide bonds. The number of anilines is 1. The van der Waals surface area contributed by atoms with E-state index < -0.39 is 5.97 Å². The van der Waals surface area contributed by atoms with E-state index in [1.165, 1.54) is 0 Å². The number of carboxylic acids is 1. The number of unbranched alkanes of at least 4 members (excludes halogenated alkanes) is 1. The second kappa shape index (κ2) is 11.1. The SMILES string of the molecule is Cc1nonc1N1CCN(C(=O)c2ccc3nc(-c4ccc(Cl)cc4)c(CCCCC(=O)O)nc3c2)CC1. The quantitative estimate of drug-likeness (QED) is 0.327. The molecule has 0 atom stereocenters. The maximum absolute atomic E-state index is 13.3. The van der Waals surface area contributed by atoms with Crippen molar-refractivity contribution in [2.45, 2.75) is 32.6 Å². The van der Waals surface area contributed by atoms with Crippen molar-refractivity contribution in [2.75, 3.05) is 31.1 Å². The lowest BCUT2D eigenvalue weighted by atomic mass is 10.0. The van der Waals surface area contributed by atoms with Gasteiger partial charge in [0.1, 0.15) is 5.69 Å². The van der Waals surface area contributed by atoms with Crippen molar-refractivity contribution in [2.24, 2.45) is 0 Å². The largest absolute Gasteiger partial charge is 0.481 e. The summed E-state index contributed by atoms with van der Waals surface area (Å²) >= 11 is 6.08. The minimum atomic E-state index is -0.815. The van der Waals surface area contributed by atoms with E-state index in [4.69, 9.17) is 31.3 Å². The van der Waals surface area contributed by atoms with Gasteiger partial charge in [0, 0.05) is 48.7 Å². The summed E-state index contributed by atoms with van der Waals surface area (Å²) in [5, 5.41) is 17.4. The predicted octanol–water partition coefficient (Wildman–Crippen LogP) is 4.40. The van der Waals surface area contributed by atoms with Crippen molar-refractivity contribution in [1.29, 1.82) is 0 Å². The number of fused-ring (bicyclic) bond motifs is 1. The van der Waals surface area contributed by atoms with Crippen molar-refractivity contribution in [3.63, 3.8) is 0 Å². The van der Waals surface area contributed by atoms with E-state index in [1.807, 2.05) is 30.0 Å². The molecular weight excluding hydrogens is 508 g/mol. The van der Waals surface area contributed by atoms with Gasteiger partial charge < -0.3 is 14.9 Å². The molecule has 1 aliphatic rings. The number of carbonyl (C=O) groups is 2. The summed E-state index contributed by atoms with van der Waals surface area (Å²) in [6.07, 6.45) is 1.89. The molecule has 38 heavy (non-hydrogen) atoms. The Hall–Kier alpha value is -4.05. The van der Waals surface area contributed by atoms with Crippen LogP contribution >= 0.6 is 11.6 Å². The van der Waals surface area contributed by atoms with Crippen molar-refractivity contribution >= 4 is 40.3 Å². The van der Waals surface area contributed by atoms with Gasteiger partial charge in [-0.2, -0.15) is 0 Å². The second-order valence-electron chi connectivity index (χ2n) is 9.28. The molecule has 11 heteroatoms. The highest BCUT2D eigenvalue weighted by Gasteiger charge is 2.25. The van der Waals surface area contributed by atoms with E-state index in [0.717, 1.165) is 22.6 Å². The van der Waals surface area contributed by atoms with Gasteiger partial charge in [-0.15, -0.1) is 0 Å². The van der Waals surface area contributed by atoms with Gasteiger partial charge in [0.05, 0.1) is 22.4 Å². The first kappa shape index (κ1) is 25.6. The smallest absolute Gasteiger partial charge is 0.303 e. The minimum Gasteiger partial charge on any atom is -0.481 e. The summed E-state index contributed by atoms with van der Waals surface area (Å²) in [5.74, 6) is -0.164. The first-order valence-electron chi connectivity index (χ1n) is 12.5. The number of aryl methyl sites for hydroxylation is 2. The van der Waals surface area contributed by atoms with E-state index in [9.17, 15) is 9.59 Å². The summed E-state index contributed by atoms with van der Waals surface area (Å²) in [5.41, 5.74) is 4.97. The molecule has 5 rings (SSSR count). The number of amides is 1. The Balaban J connectivity index is 1.38. The van der Waals surface area contributed by atoms with Gasteiger partial charge in [-0.3, -0.25) is 9.59 Å². The summed E-state index contributed by atoms with van der Waals surface area (Å²) in [7, 11) is 0. The molecule has 0 bridgehead atoms. The number of hydrogen-bond donors (Lipinski definition) is 1. The Bertz CT molecular complexity index is 1460. The van der Waals surface area contributed by atoms with Crippen LogP contribution in [0.25, 0.3) is 22.3 Å². The zero-order valence-electron chi connectivity index (χ0n) is 20.9. The Morgan fingerprint density at radius 2 is 1.74 bits per heavy atom. The Morgan fingerprint density at radius 3 is 2.42 bits per heavy atom. The molecule has 2 aromatic carbocycles. The molecule has 0 unspecified atom stereocenters. The molecule has 2 aromatic heterocycles. The number of halogens is 1. The Labute approximate surface area is 224 Å². The van der Waals surface area contributed by atoms with E-state index in [1.54, 1.807) is 24.3 Å². The normalized spacial score (nSPS) is 13.7. The van der Waals surface area contributed by atoms with Gasteiger partial charge in [-0.1, -0.05) is 28.9 Å². The van der Waals surface area contributed by atoms with Crippen LogP contribution < -0.4 is 4.90 Å². The van der Waals surface area contributed by atoms with Crippen LogP contribution in [0.1, 0.15) is 41.0 Å². The average Bonchev–Trinajstić information content (AvgIpc) is 3.36. The summed E-state index contributed by atoms with van der Waals surface area (Å²) < 4.78 is 4.81. The molecule has 1 N–H and O–H groups in total. The number of aromatic nitrogens is 4. The fraction of sp³-hybridized carbons (Fsp3) is 0.333. The molecule has 1 fully saturated rings. The van der Waals surface area contributed by atoms with Crippen LogP contribution in [-0.2, 0) is 11.2 Å². The maximum Gasteiger partial charge on any atom is 0.303 e. The van der Waals surface area contributed by atoms with E-state index >= 15 is 0 Å². The minimum absolute atomic E-state index is 0.0619. The van der Waals surface area contributed by atoms with E-state index in [2.05, 4.69) is 15.2 Å². The highest BCUT2D eigenvalue weighted by Crippen LogP contribution is 2.27. The lowest BCUT2D eigenvalue weighted by Gasteiger charge is -2.34. The van der Waals surface area contributed by atoms with Crippen LogP contribution in [-0.4, -0.2) is 68.3 Å². The summed E-state index contributed by atoms with van der Waals surface area (Å²) in [6.45, 7) is 4.23. The molecule has 0 saturated carbocycles. The van der Waals surface area contributed by atoms with Gasteiger partial charge in [-0.05, 0) is 61.7 Å². The predicted molar refractivity (Wildman–Crippen MR) is 142 cm³/mol. The summed E-state index contributed by atoms with van der Waals surface area (Å²) in [4.78, 5) is 37.9. The molecule has 1 aliphatic heterocycles. The average molecular weight is 535 g/mol. The molecule has 1 saturated heterocycles. The van der Waals surface area contributed by atoms with Crippen LogP contribution in [0, 0.1) is 6.92 Å². The van der Waals surface area contributed by atoms with Crippen molar-refractivity contribution in [3.05, 3.63) is 64.4 Å². The van der Waals surface area contributed by atoms with Crippen LogP contribution in [0.15, 0.2) is 47.1 Å². The topological polar surface area (TPSA) is 126 Å². The first-order chi connectivity index (χ1) is 18.4. The Kier molecular flexibility index (Phi) is 7.50. The van der Waals surface area contributed by atoms with Crippen LogP contribution in [0.2, 0.25) is 5.02 Å². The fourth-order valence-electron chi connectivity index (χ4n) is 4.62. The van der Waals surface area contributed by atoms with Gasteiger partial charge in [-0.25, -0.2) is 14.6 Å². The molecule has 0 spiro atoms. The van der Waals surface area contributed by atoms with Crippen LogP contribution in [0.3, 0.4) is 0 Å². The zero-order chi connectivity index (χ0) is 26.6. The van der Waals surface area contributed by atoms with E-state index in [-0.39, 0.29) is 12.3 Å². The highest BCUT2D eigenvalue weighted by atomic mass is 35.5. The molecular formula is C27H27ClN6O4. The van der Waals surface area contributed by atoms with Gasteiger partial charge in [0.2, 0.25) is 0 Å². The number of hydrogen-bond acceptors (Lipinski definition) is 8. The van der Waals surface area contributed by atoms with E-state index in [0.29, 0.717) is 72.9 Å². The lowest BCUT2D eigenvalue weighted by molar-refractivity contribution is -0.137. The number of nitrogens with zero attached hydrogens (tertiary/aromatic N) is 6. The first-order valence-corrected chi connectivity index (χ1v) is 12.9. The number of carbonyl (C=O) groups excluding carboxylic acids is 1. The van der Waals surface area contributed by atoms with Gasteiger partial charge >= 0.3 is 5.97 Å². The molecule has 10 nitrogen and oxygen atoms in total. The highest BCUT2D eigenvalue weighted by molar-refractivity contribution is 6.30. The molecule has 0 radical (unpaired) electrons. The number of carboxylic acid groups (broad SMARTS) is 1. The molecule has 3 heterocycles. The van der Waals surface area contributed by atoms with Crippen molar-refractivity contribution < 1.29 is 19.3 Å². The number of rotatable bonds is 8. The van der Waals surface area contributed by atoms with Crippen molar-refractivity contribution in [1.82, 2.24) is 25.2 Å². The number of piperazine rings is 1. The third kappa shape index (κ3) is 5.60. The number of benzene rings is 2. The second-order valence-corrected chi connectivity index (χ2v) is 9.72.